The molecule has 1 saturated carbocycles. The first-order chi connectivity index (χ1) is 16.3. The Morgan fingerprint density at radius 1 is 1.21 bits per heavy atom. The number of amides is 1. The number of carbonyl (C=O) groups is 1. The summed E-state index contributed by atoms with van der Waals surface area (Å²) in [5, 5.41) is 3.84. The van der Waals surface area contributed by atoms with E-state index in [0.29, 0.717) is 39.3 Å². The van der Waals surface area contributed by atoms with Crippen LogP contribution >= 0.6 is 11.8 Å². The Labute approximate surface area is 205 Å². The Kier molecular flexibility index (Phi) is 7.31. The first-order valence-corrected chi connectivity index (χ1v) is 12.8. The van der Waals surface area contributed by atoms with Crippen LogP contribution < -0.4 is 15.6 Å². The summed E-state index contributed by atoms with van der Waals surface area (Å²) in [5.41, 5.74) is 2.05. The summed E-state index contributed by atoms with van der Waals surface area (Å²) in [4.78, 5) is 31.6. The molecule has 4 rings (SSSR count). The molecule has 6 nitrogen and oxygen atoms in total. The highest BCUT2D eigenvalue weighted by atomic mass is 32.2. The summed E-state index contributed by atoms with van der Waals surface area (Å²) in [6, 6.07) is 13.2. The molecule has 1 N–H and O–H groups in total. The van der Waals surface area contributed by atoms with Gasteiger partial charge in [0, 0.05) is 6.04 Å². The van der Waals surface area contributed by atoms with Gasteiger partial charge in [-0.05, 0) is 61.9 Å². The van der Waals surface area contributed by atoms with Gasteiger partial charge < -0.3 is 10.1 Å². The van der Waals surface area contributed by atoms with Crippen LogP contribution in [-0.4, -0.2) is 33.9 Å². The zero-order valence-corrected chi connectivity index (χ0v) is 21.3. The first-order valence-electron chi connectivity index (χ1n) is 11.9. The van der Waals surface area contributed by atoms with Crippen LogP contribution in [0.25, 0.3) is 16.6 Å². The summed E-state index contributed by atoms with van der Waals surface area (Å²) in [5.74, 6) is 1.60. The van der Waals surface area contributed by atoms with Crippen molar-refractivity contribution in [2.75, 3.05) is 7.11 Å². The van der Waals surface area contributed by atoms with E-state index < -0.39 is 5.25 Å². The van der Waals surface area contributed by atoms with Crippen LogP contribution in [0.4, 0.5) is 0 Å². The largest absolute Gasteiger partial charge is 0.495 e. The lowest BCUT2D eigenvalue weighted by Crippen LogP contribution is -2.46. The van der Waals surface area contributed by atoms with E-state index in [0.717, 1.165) is 18.4 Å². The van der Waals surface area contributed by atoms with E-state index in [1.807, 2.05) is 50.2 Å². The Morgan fingerprint density at radius 2 is 1.97 bits per heavy atom. The standard InChI is InChI=1S/C27H33N3O3S/c1-16-13-14-24(33-5)23(15-16)30-26(32)20-10-6-7-11-22(20)29-27(30)34-19(4)25(31)28-21-12-8-9-17(2)18(21)3/h6-7,10-11,13-15,17-19,21H,8-9,12H2,1-5H3,(H,28,31)/t17-,18+,19-,21-/m1/s1. The minimum Gasteiger partial charge on any atom is -0.495 e. The van der Waals surface area contributed by atoms with Crippen LogP contribution in [0.15, 0.2) is 52.4 Å². The van der Waals surface area contributed by atoms with Crippen LogP contribution in [-0.2, 0) is 4.79 Å². The van der Waals surface area contributed by atoms with Gasteiger partial charge in [-0.1, -0.05) is 56.7 Å². The molecule has 0 aliphatic heterocycles. The van der Waals surface area contributed by atoms with Gasteiger partial charge in [-0.25, -0.2) is 4.98 Å². The maximum Gasteiger partial charge on any atom is 0.266 e. The number of aromatic nitrogens is 2. The molecular formula is C27H33N3O3S. The lowest BCUT2D eigenvalue weighted by Gasteiger charge is -2.35. The number of thioether (sulfide) groups is 1. The lowest BCUT2D eigenvalue weighted by molar-refractivity contribution is -0.121. The number of nitrogens with one attached hydrogen (secondary N) is 1. The highest BCUT2D eigenvalue weighted by Gasteiger charge is 2.30. The number of nitrogens with zero attached hydrogens (tertiary/aromatic N) is 2. The SMILES string of the molecule is COc1ccc(C)cc1-n1c(S[C@H](C)C(=O)N[C@@H]2CCC[C@@H](C)[C@@H]2C)nc2ccccc2c1=O. The van der Waals surface area contributed by atoms with Crippen LogP contribution in [0.1, 0.15) is 45.6 Å². The van der Waals surface area contributed by atoms with Crippen molar-refractivity contribution >= 4 is 28.6 Å². The van der Waals surface area contributed by atoms with Gasteiger partial charge in [0.2, 0.25) is 5.91 Å². The molecule has 4 atom stereocenters. The predicted octanol–water partition coefficient (Wildman–Crippen LogP) is 5.12. The number of hydrogen-bond acceptors (Lipinski definition) is 5. The number of ether oxygens (including phenoxy) is 1. The monoisotopic (exact) mass is 479 g/mol. The number of rotatable bonds is 6. The van der Waals surface area contributed by atoms with Gasteiger partial charge >= 0.3 is 0 Å². The fourth-order valence-corrected chi connectivity index (χ4v) is 5.61. The highest BCUT2D eigenvalue weighted by Crippen LogP contribution is 2.32. The molecule has 0 radical (unpaired) electrons. The lowest BCUT2D eigenvalue weighted by atomic mass is 9.78. The zero-order chi connectivity index (χ0) is 24.4. The van der Waals surface area contributed by atoms with Gasteiger partial charge in [0.05, 0.1) is 29.0 Å². The maximum atomic E-state index is 13.6. The van der Waals surface area contributed by atoms with Crippen molar-refractivity contribution in [2.45, 2.75) is 63.4 Å². The molecule has 34 heavy (non-hydrogen) atoms. The number of fused-ring (bicyclic) bond motifs is 1. The van der Waals surface area contributed by atoms with Crippen molar-refractivity contribution in [1.82, 2.24) is 14.9 Å². The Hall–Kier alpha value is -2.80. The fourth-order valence-electron chi connectivity index (χ4n) is 4.68. The van der Waals surface area contributed by atoms with E-state index in [2.05, 4.69) is 19.2 Å². The third-order valence-electron chi connectivity index (χ3n) is 7.01. The Balaban J connectivity index is 1.72. The van der Waals surface area contributed by atoms with E-state index in [9.17, 15) is 9.59 Å². The van der Waals surface area contributed by atoms with Gasteiger partial charge in [0.1, 0.15) is 5.75 Å². The van der Waals surface area contributed by atoms with Crippen LogP contribution in [0, 0.1) is 18.8 Å². The summed E-state index contributed by atoms with van der Waals surface area (Å²) >= 11 is 1.30. The Morgan fingerprint density at radius 3 is 2.74 bits per heavy atom. The van der Waals surface area contributed by atoms with E-state index in [1.165, 1.54) is 18.2 Å². The van der Waals surface area contributed by atoms with Crippen molar-refractivity contribution in [3.8, 4) is 11.4 Å². The second-order valence-corrected chi connectivity index (χ2v) is 10.7. The number of carbonyl (C=O) groups excluding carboxylic acids is 1. The van der Waals surface area contributed by atoms with Gasteiger partial charge in [0.25, 0.3) is 5.56 Å². The molecule has 7 heteroatoms. The topological polar surface area (TPSA) is 73.2 Å². The van der Waals surface area contributed by atoms with E-state index in [-0.39, 0.29) is 17.5 Å². The highest BCUT2D eigenvalue weighted by molar-refractivity contribution is 8.00. The summed E-state index contributed by atoms with van der Waals surface area (Å²) in [7, 11) is 1.59. The zero-order valence-electron chi connectivity index (χ0n) is 20.5. The van der Waals surface area contributed by atoms with E-state index in [1.54, 1.807) is 17.7 Å². The van der Waals surface area contributed by atoms with E-state index in [4.69, 9.17) is 9.72 Å². The number of benzene rings is 2. The first kappa shape index (κ1) is 24.3. The molecule has 0 unspecified atom stereocenters. The second-order valence-electron chi connectivity index (χ2n) is 9.37. The number of aryl methyl sites for hydroxylation is 1. The Bertz CT molecular complexity index is 1260. The average molecular weight is 480 g/mol. The molecule has 180 valence electrons. The molecule has 0 bridgehead atoms. The molecule has 1 aromatic heterocycles. The summed E-state index contributed by atoms with van der Waals surface area (Å²) in [6.45, 7) is 8.32. The minimum atomic E-state index is -0.417. The molecule has 1 heterocycles. The molecule has 1 amide bonds. The normalized spacial score (nSPS) is 21.3. The van der Waals surface area contributed by atoms with E-state index >= 15 is 0 Å². The molecule has 1 fully saturated rings. The van der Waals surface area contributed by atoms with Crippen LogP contribution in [0.5, 0.6) is 5.75 Å². The molecule has 3 aromatic rings. The average Bonchev–Trinajstić information content (AvgIpc) is 2.82. The summed E-state index contributed by atoms with van der Waals surface area (Å²) < 4.78 is 7.15. The van der Waals surface area contributed by atoms with Crippen molar-refractivity contribution in [2.24, 2.45) is 11.8 Å². The fraction of sp³-hybridized carbons (Fsp3) is 0.444. The smallest absolute Gasteiger partial charge is 0.266 e. The quantitative estimate of drug-likeness (QED) is 0.392. The van der Waals surface area contributed by atoms with Crippen molar-refractivity contribution in [1.29, 1.82) is 0 Å². The molecule has 2 aromatic carbocycles. The third-order valence-corrected chi connectivity index (χ3v) is 8.06. The molecule has 0 spiro atoms. The predicted molar refractivity (Wildman–Crippen MR) is 138 cm³/mol. The molecule has 0 saturated heterocycles. The number of methoxy groups -OCH3 is 1. The van der Waals surface area contributed by atoms with Crippen molar-refractivity contribution < 1.29 is 9.53 Å². The van der Waals surface area contributed by atoms with Crippen LogP contribution in [0.3, 0.4) is 0 Å². The van der Waals surface area contributed by atoms with Gasteiger partial charge in [-0.2, -0.15) is 0 Å². The second kappa shape index (κ2) is 10.2. The maximum absolute atomic E-state index is 13.6. The summed E-state index contributed by atoms with van der Waals surface area (Å²) in [6.07, 6.45) is 3.36. The van der Waals surface area contributed by atoms with Gasteiger partial charge in [-0.3, -0.25) is 14.2 Å². The van der Waals surface area contributed by atoms with Crippen molar-refractivity contribution in [3.05, 3.63) is 58.4 Å². The van der Waals surface area contributed by atoms with Crippen molar-refractivity contribution in [3.63, 3.8) is 0 Å². The number of hydrogen-bond donors (Lipinski definition) is 1. The third kappa shape index (κ3) is 4.85. The molecular weight excluding hydrogens is 446 g/mol. The molecule has 1 aliphatic carbocycles. The van der Waals surface area contributed by atoms with Gasteiger partial charge in [-0.15, -0.1) is 0 Å². The van der Waals surface area contributed by atoms with Crippen LogP contribution in [0.2, 0.25) is 0 Å². The number of para-hydroxylation sites is 1. The minimum absolute atomic E-state index is 0.0267. The van der Waals surface area contributed by atoms with Gasteiger partial charge in [0.15, 0.2) is 5.16 Å². The molecule has 1 aliphatic rings.